The highest BCUT2D eigenvalue weighted by Crippen LogP contribution is 2.27. The number of halogens is 1. The maximum atomic E-state index is 12.0. The normalized spacial score (nSPS) is 10.6. The lowest BCUT2D eigenvalue weighted by Crippen LogP contribution is -2.27. The fraction of sp³-hybridized carbons (Fsp3) is 0.214. The predicted molar refractivity (Wildman–Crippen MR) is 155 cm³/mol. The van der Waals surface area contributed by atoms with Gasteiger partial charge in [-0.3, -0.25) is 4.79 Å². The quantitative estimate of drug-likeness (QED) is 0.103. The summed E-state index contributed by atoms with van der Waals surface area (Å²) in [7, 11) is 0. The molecule has 0 unspecified atom stereocenters. The van der Waals surface area contributed by atoms with Gasteiger partial charge in [0.1, 0.15) is 5.75 Å². The molecule has 0 radical (unpaired) electrons. The zero-order valence-corrected chi connectivity index (χ0v) is 22.4. The summed E-state index contributed by atoms with van der Waals surface area (Å²) < 4.78 is 11.1. The van der Waals surface area contributed by atoms with E-state index in [0.717, 1.165) is 5.69 Å². The molecule has 4 rings (SSSR count). The number of nitrogens with one attached hydrogen (secondary N) is 4. The molecule has 5 N–H and O–H groups in total. The van der Waals surface area contributed by atoms with Crippen LogP contribution in [0.3, 0.4) is 0 Å². The Hall–Kier alpha value is -4.45. The molecule has 4 aromatic rings. The first kappa shape index (κ1) is 28.6. The molecule has 0 aliphatic heterocycles. The summed E-state index contributed by atoms with van der Waals surface area (Å²) in [5, 5.41) is 22.1. The molecular formula is C28H30ClN7O4. The smallest absolute Gasteiger partial charge is 0.251 e. The van der Waals surface area contributed by atoms with E-state index in [1.54, 1.807) is 24.3 Å². The van der Waals surface area contributed by atoms with E-state index in [4.69, 9.17) is 21.1 Å². The minimum atomic E-state index is -0.128. The molecule has 0 saturated carbocycles. The highest BCUT2D eigenvalue weighted by atomic mass is 35.5. The summed E-state index contributed by atoms with van der Waals surface area (Å²) in [4.78, 5) is 25.3. The van der Waals surface area contributed by atoms with Gasteiger partial charge < -0.3 is 35.8 Å². The van der Waals surface area contributed by atoms with Crippen LogP contribution in [0.2, 0.25) is 5.02 Å². The first-order valence-corrected chi connectivity index (χ1v) is 13.0. The number of rotatable bonds is 15. The highest BCUT2D eigenvalue weighted by molar-refractivity contribution is 6.32. The van der Waals surface area contributed by atoms with Crippen LogP contribution in [0.4, 0.5) is 29.2 Å². The summed E-state index contributed by atoms with van der Waals surface area (Å²) in [5.41, 5.74) is 2.04. The Labute approximate surface area is 237 Å². The number of benzene rings is 3. The number of phenols is 1. The minimum Gasteiger partial charge on any atom is -0.506 e. The number of aromatic hydroxyl groups is 1. The van der Waals surface area contributed by atoms with Crippen molar-refractivity contribution in [1.82, 2.24) is 20.3 Å². The number of ether oxygens (including phenoxy) is 2. The maximum absolute atomic E-state index is 12.0. The van der Waals surface area contributed by atoms with Gasteiger partial charge in [-0.15, -0.1) is 0 Å². The fourth-order valence-corrected chi connectivity index (χ4v) is 3.60. The topological polar surface area (TPSA) is 143 Å². The van der Waals surface area contributed by atoms with E-state index in [1.807, 2.05) is 48.5 Å². The molecule has 1 amide bonds. The van der Waals surface area contributed by atoms with E-state index >= 15 is 0 Å². The molecule has 3 aromatic carbocycles. The molecule has 1 heterocycles. The molecule has 0 aliphatic carbocycles. The average Bonchev–Trinajstić information content (AvgIpc) is 2.97. The number of amides is 1. The minimum absolute atomic E-state index is 0.0168. The number of phenolic OH excluding ortho intramolecular Hbond substituents is 1. The number of nitrogens with zero attached hydrogens (tertiary/aromatic N) is 3. The van der Waals surface area contributed by atoms with E-state index in [1.165, 1.54) is 6.07 Å². The van der Waals surface area contributed by atoms with Crippen molar-refractivity contribution in [1.29, 1.82) is 0 Å². The number of aromatic nitrogens is 3. The van der Waals surface area contributed by atoms with Crippen molar-refractivity contribution < 1.29 is 19.4 Å². The maximum Gasteiger partial charge on any atom is 0.251 e. The van der Waals surface area contributed by atoms with Crippen LogP contribution in [-0.4, -0.2) is 65.5 Å². The standard InChI is InChI=1S/C28H30ClN7O4/c29-23-19-22(11-12-24(23)37)33-28-35-26(34-27(36-28)32-21-9-5-2-6-10-21)31-14-16-40-18-17-39-15-13-30-25(38)20-7-3-1-4-8-20/h1-12,19,37H,13-18H2,(H,30,38)(H3,31,32,33,34,35,36). The van der Waals surface area contributed by atoms with Crippen molar-refractivity contribution in [2.45, 2.75) is 0 Å². The second-order valence-corrected chi connectivity index (χ2v) is 8.77. The molecule has 0 spiro atoms. The Bertz CT molecular complexity index is 1360. The van der Waals surface area contributed by atoms with Gasteiger partial charge in [0.2, 0.25) is 17.8 Å². The van der Waals surface area contributed by atoms with Crippen LogP contribution in [0.25, 0.3) is 0 Å². The summed E-state index contributed by atoms with van der Waals surface area (Å²) in [5.74, 6) is 0.819. The Kier molecular flexibility index (Phi) is 10.9. The van der Waals surface area contributed by atoms with Crippen LogP contribution >= 0.6 is 11.6 Å². The number of carbonyl (C=O) groups is 1. The number of hydrogen-bond donors (Lipinski definition) is 5. The molecule has 0 saturated heterocycles. The van der Waals surface area contributed by atoms with E-state index in [-0.39, 0.29) is 22.6 Å². The van der Waals surface area contributed by atoms with Gasteiger partial charge in [0.15, 0.2) is 0 Å². The Balaban J connectivity index is 1.20. The second-order valence-electron chi connectivity index (χ2n) is 8.36. The van der Waals surface area contributed by atoms with Crippen molar-refractivity contribution in [3.8, 4) is 5.75 Å². The van der Waals surface area contributed by atoms with Crippen LogP contribution in [-0.2, 0) is 9.47 Å². The van der Waals surface area contributed by atoms with Gasteiger partial charge in [0.05, 0.1) is 31.5 Å². The van der Waals surface area contributed by atoms with Crippen LogP contribution in [0.1, 0.15) is 10.4 Å². The average molecular weight is 564 g/mol. The number of para-hydroxylation sites is 1. The highest BCUT2D eigenvalue weighted by Gasteiger charge is 2.09. The SMILES string of the molecule is O=C(NCCOCCOCCNc1nc(Nc2ccccc2)nc(Nc2ccc(O)c(Cl)c2)n1)c1ccccc1. The molecule has 1 aromatic heterocycles. The molecule has 40 heavy (non-hydrogen) atoms. The fourth-order valence-electron chi connectivity index (χ4n) is 3.42. The zero-order chi connectivity index (χ0) is 28.0. The van der Waals surface area contributed by atoms with Crippen molar-refractivity contribution in [3.05, 3.63) is 89.4 Å². The Morgan fingerprint density at radius 2 is 1.32 bits per heavy atom. The van der Waals surface area contributed by atoms with Crippen LogP contribution in [0, 0.1) is 0 Å². The Morgan fingerprint density at radius 3 is 2.00 bits per heavy atom. The predicted octanol–water partition coefficient (Wildman–Crippen LogP) is 4.59. The van der Waals surface area contributed by atoms with Crippen molar-refractivity contribution >= 4 is 46.7 Å². The summed E-state index contributed by atoms with van der Waals surface area (Å²) in [6, 6.07) is 23.3. The molecule has 0 fully saturated rings. The molecule has 12 heteroatoms. The van der Waals surface area contributed by atoms with E-state index in [2.05, 4.69) is 36.2 Å². The zero-order valence-electron chi connectivity index (χ0n) is 21.6. The van der Waals surface area contributed by atoms with Crippen LogP contribution in [0.5, 0.6) is 5.75 Å². The molecular weight excluding hydrogens is 534 g/mol. The molecule has 0 bridgehead atoms. The van der Waals surface area contributed by atoms with E-state index < -0.39 is 0 Å². The lowest BCUT2D eigenvalue weighted by Gasteiger charge is -2.12. The van der Waals surface area contributed by atoms with Crippen molar-refractivity contribution in [2.24, 2.45) is 0 Å². The third-order valence-corrected chi connectivity index (χ3v) is 5.64. The summed E-state index contributed by atoms with van der Waals surface area (Å²) in [6.07, 6.45) is 0. The monoisotopic (exact) mass is 563 g/mol. The lowest BCUT2D eigenvalue weighted by molar-refractivity contribution is 0.0519. The number of anilines is 5. The van der Waals surface area contributed by atoms with Crippen LogP contribution < -0.4 is 21.3 Å². The van der Waals surface area contributed by atoms with E-state index in [0.29, 0.717) is 62.7 Å². The van der Waals surface area contributed by atoms with Crippen molar-refractivity contribution in [3.63, 3.8) is 0 Å². The van der Waals surface area contributed by atoms with Crippen molar-refractivity contribution in [2.75, 3.05) is 55.5 Å². The number of carbonyl (C=O) groups excluding carboxylic acids is 1. The van der Waals surface area contributed by atoms with Gasteiger partial charge >= 0.3 is 0 Å². The van der Waals surface area contributed by atoms with E-state index in [9.17, 15) is 9.90 Å². The molecule has 208 valence electrons. The summed E-state index contributed by atoms with van der Waals surface area (Å²) >= 11 is 6.02. The second kappa shape index (κ2) is 15.2. The molecule has 0 atom stereocenters. The van der Waals surface area contributed by atoms with Gasteiger partial charge in [-0.05, 0) is 42.5 Å². The first-order valence-electron chi connectivity index (χ1n) is 12.6. The van der Waals surface area contributed by atoms with Gasteiger partial charge in [0.25, 0.3) is 5.91 Å². The lowest BCUT2D eigenvalue weighted by atomic mass is 10.2. The Morgan fingerprint density at radius 1 is 0.725 bits per heavy atom. The molecule has 11 nitrogen and oxygen atoms in total. The summed E-state index contributed by atoms with van der Waals surface area (Å²) in [6.45, 7) is 2.47. The number of hydrogen-bond acceptors (Lipinski definition) is 10. The largest absolute Gasteiger partial charge is 0.506 e. The van der Waals surface area contributed by atoms with Gasteiger partial charge in [0, 0.05) is 30.0 Å². The van der Waals surface area contributed by atoms with Crippen LogP contribution in [0.15, 0.2) is 78.9 Å². The molecule has 0 aliphatic rings. The van der Waals surface area contributed by atoms with Gasteiger partial charge in [-0.1, -0.05) is 48.0 Å². The van der Waals surface area contributed by atoms with Gasteiger partial charge in [-0.2, -0.15) is 15.0 Å². The van der Waals surface area contributed by atoms with Gasteiger partial charge in [-0.25, -0.2) is 0 Å². The first-order chi connectivity index (χ1) is 19.6. The third-order valence-electron chi connectivity index (χ3n) is 5.34. The third kappa shape index (κ3) is 9.38.